The molecule has 1 aliphatic heterocycles. The SMILES string of the molecule is CCOC(Cc1ccccc1)N1CCN(CCC(O)c2ccc(OC)cc2)CC1. The van der Waals surface area contributed by atoms with Gasteiger partial charge in [0.25, 0.3) is 0 Å². The molecule has 0 spiro atoms. The van der Waals surface area contributed by atoms with Crippen molar-refractivity contribution in [3.63, 3.8) is 0 Å². The molecular weight excluding hydrogens is 364 g/mol. The van der Waals surface area contributed by atoms with Crippen molar-refractivity contribution in [2.45, 2.75) is 32.1 Å². The van der Waals surface area contributed by atoms with Gasteiger partial charge in [-0.2, -0.15) is 0 Å². The monoisotopic (exact) mass is 398 g/mol. The van der Waals surface area contributed by atoms with Crippen molar-refractivity contribution >= 4 is 0 Å². The summed E-state index contributed by atoms with van der Waals surface area (Å²) < 4.78 is 11.2. The van der Waals surface area contributed by atoms with Crippen LogP contribution < -0.4 is 4.74 Å². The van der Waals surface area contributed by atoms with E-state index in [4.69, 9.17) is 9.47 Å². The predicted molar refractivity (Wildman–Crippen MR) is 116 cm³/mol. The fraction of sp³-hybridized carbons (Fsp3) is 0.500. The topological polar surface area (TPSA) is 45.2 Å². The maximum absolute atomic E-state index is 10.5. The predicted octanol–water partition coefficient (Wildman–Crippen LogP) is 3.34. The molecule has 5 heteroatoms. The van der Waals surface area contributed by atoms with E-state index in [0.717, 1.165) is 63.5 Å². The largest absolute Gasteiger partial charge is 0.497 e. The standard InChI is InChI=1S/C24H34N2O3/c1-3-29-24(19-20-7-5-4-6-8-20)26-17-15-25(16-18-26)14-13-23(27)21-9-11-22(28-2)12-10-21/h4-12,23-24,27H,3,13-19H2,1-2H3. The normalized spacial score (nSPS) is 17.8. The van der Waals surface area contributed by atoms with Crippen molar-refractivity contribution in [2.75, 3.05) is 46.4 Å². The second-order valence-electron chi connectivity index (χ2n) is 7.55. The number of hydrogen-bond donors (Lipinski definition) is 1. The minimum atomic E-state index is -0.437. The fourth-order valence-corrected chi connectivity index (χ4v) is 3.87. The van der Waals surface area contributed by atoms with Crippen LogP contribution in [0, 0.1) is 0 Å². The van der Waals surface area contributed by atoms with Crippen molar-refractivity contribution in [3.8, 4) is 5.75 Å². The van der Waals surface area contributed by atoms with Crippen LogP contribution in [0.2, 0.25) is 0 Å². The molecule has 5 nitrogen and oxygen atoms in total. The van der Waals surface area contributed by atoms with E-state index in [9.17, 15) is 5.11 Å². The number of nitrogens with zero attached hydrogens (tertiary/aromatic N) is 2. The Morgan fingerprint density at radius 3 is 2.28 bits per heavy atom. The molecular formula is C24H34N2O3. The first-order chi connectivity index (χ1) is 14.2. The highest BCUT2D eigenvalue weighted by atomic mass is 16.5. The fourth-order valence-electron chi connectivity index (χ4n) is 3.87. The van der Waals surface area contributed by atoms with Crippen LogP contribution in [0.5, 0.6) is 5.75 Å². The number of methoxy groups -OCH3 is 1. The summed E-state index contributed by atoms with van der Waals surface area (Å²) in [5.74, 6) is 0.816. The molecule has 0 bridgehead atoms. The summed E-state index contributed by atoms with van der Waals surface area (Å²) in [6.45, 7) is 7.70. The Morgan fingerprint density at radius 2 is 1.66 bits per heavy atom. The number of benzene rings is 2. The maximum Gasteiger partial charge on any atom is 0.118 e. The highest BCUT2D eigenvalue weighted by Crippen LogP contribution is 2.21. The number of aliphatic hydroxyl groups excluding tert-OH is 1. The number of ether oxygens (including phenoxy) is 2. The summed E-state index contributed by atoms with van der Waals surface area (Å²) >= 11 is 0. The second-order valence-corrected chi connectivity index (χ2v) is 7.55. The maximum atomic E-state index is 10.5. The van der Waals surface area contributed by atoms with E-state index in [-0.39, 0.29) is 6.23 Å². The van der Waals surface area contributed by atoms with Crippen LogP contribution in [-0.4, -0.2) is 67.6 Å². The summed E-state index contributed by atoms with van der Waals surface area (Å²) in [7, 11) is 1.65. The van der Waals surface area contributed by atoms with Gasteiger partial charge in [0, 0.05) is 45.8 Å². The summed E-state index contributed by atoms with van der Waals surface area (Å²) in [5, 5.41) is 10.5. The zero-order chi connectivity index (χ0) is 20.5. The van der Waals surface area contributed by atoms with Gasteiger partial charge in [-0.05, 0) is 36.6 Å². The van der Waals surface area contributed by atoms with Crippen LogP contribution >= 0.6 is 0 Å². The van der Waals surface area contributed by atoms with Crippen molar-refractivity contribution < 1.29 is 14.6 Å². The van der Waals surface area contributed by atoms with Crippen LogP contribution in [0.3, 0.4) is 0 Å². The second kappa shape index (κ2) is 11.3. The van der Waals surface area contributed by atoms with Crippen LogP contribution in [0.15, 0.2) is 54.6 Å². The summed E-state index contributed by atoms with van der Waals surface area (Å²) in [6.07, 6.45) is 1.36. The molecule has 1 N–H and O–H groups in total. The summed E-state index contributed by atoms with van der Waals surface area (Å²) in [5.41, 5.74) is 2.26. The van der Waals surface area contributed by atoms with Crippen LogP contribution in [-0.2, 0) is 11.2 Å². The van der Waals surface area contributed by atoms with E-state index in [1.165, 1.54) is 5.56 Å². The van der Waals surface area contributed by atoms with Gasteiger partial charge in [0.15, 0.2) is 0 Å². The third-order valence-corrected chi connectivity index (χ3v) is 5.65. The van der Waals surface area contributed by atoms with Crippen LogP contribution in [0.25, 0.3) is 0 Å². The van der Waals surface area contributed by atoms with E-state index in [1.54, 1.807) is 7.11 Å². The van der Waals surface area contributed by atoms with Gasteiger partial charge in [0.1, 0.15) is 12.0 Å². The molecule has 1 fully saturated rings. The van der Waals surface area contributed by atoms with Crippen molar-refractivity contribution in [2.24, 2.45) is 0 Å². The van der Waals surface area contributed by atoms with E-state index < -0.39 is 6.10 Å². The first kappa shape index (κ1) is 21.8. The van der Waals surface area contributed by atoms with E-state index in [2.05, 4.69) is 47.1 Å². The quantitative estimate of drug-likeness (QED) is 0.665. The molecule has 0 aromatic heterocycles. The van der Waals surface area contributed by atoms with Gasteiger partial charge in [-0.1, -0.05) is 42.5 Å². The first-order valence-corrected chi connectivity index (χ1v) is 10.6. The molecule has 1 saturated heterocycles. The highest BCUT2D eigenvalue weighted by Gasteiger charge is 2.24. The van der Waals surface area contributed by atoms with Gasteiger partial charge in [0.05, 0.1) is 13.2 Å². The summed E-state index contributed by atoms with van der Waals surface area (Å²) in [6, 6.07) is 18.3. The molecule has 3 rings (SSSR count). The zero-order valence-corrected chi connectivity index (χ0v) is 17.7. The summed E-state index contributed by atoms with van der Waals surface area (Å²) in [4.78, 5) is 4.89. The molecule has 0 aliphatic carbocycles. The lowest BCUT2D eigenvalue weighted by atomic mass is 10.1. The van der Waals surface area contributed by atoms with Crippen molar-refractivity contribution in [1.82, 2.24) is 9.80 Å². The molecule has 2 aromatic rings. The Morgan fingerprint density at radius 1 is 0.966 bits per heavy atom. The zero-order valence-electron chi connectivity index (χ0n) is 17.7. The Hall–Kier alpha value is -1.92. The van der Waals surface area contributed by atoms with Crippen molar-refractivity contribution in [1.29, 1.82) is 0 Å². The molecule has 1 aliphatic rings. The Balaban J connectivity index is 1.44. The third-order valence-electron chi connectivity index (χ3n) is 5.65. The van der Waals surface area contributed by atoms with Gasteiger partial charge in [-0.25, -0.2) is 0 Å². The molecule has 0 amide bonds. The molecule has 29 heavy (non-hydrogen) atoms. The lowest BCUT2D eigenvalue weighted by Crippen LogP contribution is -2.52. The minimum Gasteiger partial charge on any atom is -0.497 e. The number of rotatable bonds is 10. The lowest BCUT2D eigenvalue weighted by molar-refractivity contribution is -0.0719. The average molecular weight is 399 g/mol. The molecule has 158 valence electrons. The molecule has 2 unspecified atom stereocenters. The van der Waals surface area contributed by atoms with Crippen LogP contribution in [0.1, 0.15) is 30.6 Å². The van der Waals surface area contributed by atoms with Gasteiger partial charge in [-0.15, -0.1) is 0 Å². The lowest BCUT2D eigenvalue weighted by Gasteiger charge is -2.39. The number of hydrogen-bond acceptors (Lipinski definition) is 5. The smallest absolute Gasteiger partial charge is 0.118 e. The van der Waals surface area contributed by atoms with Gasteiger partial charge >= 0.3 is 0 Å². The van der Waals surface area contributed by atoms with Crippen molar-refractivity contribution in [3.05, 3.63) is 65.7 Å². The molecule has 1 heterocycles. The molecule has 0 saturated carbocycles. The average Bonchev–Trinajstić information content (AvgIpc) is 2.78. The highest BCUT2D eigenvalue weighted by molar-refractivity contribution is 5.28. The van der Waals surface area contributed by atoms with Gasteiger partial charge in [0.2, 0.25) is 0 Å². The first-order valence-electron chi connectivity index (χ1n) is 10.6. The third kappa shape index (κ3) is 6.54. The van der Waals surface area contributed by atoms with Gasteiger partial charge < -0.3 is 19.5 Å². The van der Waals surface area contributed by atoms with Crippen LogP contribution in [0.4, 0.5) is 0 Å². The number of piperazine rings is 1. The molecule has 2 atom stereocenters. The van der Waals surface area contributed by atoms with Gasteiger partial charge in [-0.3, -0.25) is 4.90 Å². The Bertz CT molecular complexity index is 700. The Kier molecular flexibility index (Phi) is 8.50. The number of aliphatic hydroxyl groups is 1. The minimum absolute atomic E-state index is 0.134. The molecule has 2 aromatic carbocycles. The Labute approximate surface area is 174 Å². The molecule has 0 radical (unpaired) electrons. The van der Waals surface area contributed by atoms with E-state index in [1.807, 2.05) is 24.3 Å². The van der Waals surface area contributed by atoms with E-state index >= 15 is 0 Å². The van der Waals surface area contributed by atoms with E-state index in [0.29, 0.717) is 0 Å².